The summed E-state index contributed by atoms with van der Waals surface area (Å²) in [5.74, 6) is 2.60. The van der Waals surface area contributed by atoms with Gasteiger partial charge in [0.15, 0.2) is 0 Å². The van der Waals surface area contributed by atoms with Crippen LogP contribution in [0.25, 0.3) is 0 Å². The molecule has 0 aromatic carbocycles. The van der Waals surface area contributed by atoms with Crippen LogP contribution in [0, 0.1) is 11.8 Å². The van der Waals surface area contributed by atoms with Crippen LogP contribution in [-0.2, 0) is 4.79 Å². The van der Waals surface area contributed by atoms with E-state index in [1.54, 1.807) is 0 Å². The van der Waals surface area contributed by atoms with E-state index in [2.05, 4.69) is 18.7 Å². The Bertz CT molecular complexity index is 259. The maximum absolute atomic E-state index is 11.2. The highest BCUT2D eigenvalue weighted by Gasteiger charge is 2.43. The van der Waals surface area contributed by atoms with E-state index < -0.39 is 5.97 Å². The van der Waals surface area contributed by atoms with Gasteiger partial charge in [-0.05, 0) is 30.6 Å². The van der Waals surface area contributed by atoms with Gasteiger partial charge < -0.3 is 5.11 Å². The van der Waals surface area contributed by atoms with Gasteiger partial charge in [-0.25, -0.2) is 0 Å². The van der Waals surface area contributed by atoms with E-state index in [1.165, 1.54) is 5.75 Å². The molecule has 4 heteroatoms. The molecule has 1 N–H and O–H groups in total. The lowest BCUT2D eigenvalue weighted by Crippen LogP contribution is -2.47. The summed E-state index contributed by atoms with van der Waals surface area (Å²) >= 11 is 1.96. The van der Waals surface area contributed by atoms with Gasteiger partial charge in [0.25, 0.3) is 0 Å². The largest absolute Gasteiger partial charge is 0.480 e. The minimum atomic E-state index is -0.635. The van der Waals surface area contributed by atoms with Crippen molar-refractivity contribution in [2.75, 3.05) is 18.1 Å². The lowest BCUT2D eigenvalue weighted by atomic mass is 10.00. The number of carbonyl (C=O) groups is 1. The first-order valence-electron chi connectivity index (χ1n) is 5.67. The zero-order valence-corrected chi connectivity index (χ0v) is 10.2. The zero-order valence-electron chi connectivity index (χ0n) is 9.35. The summed E-state index contributed by atoms with van der Waals surface area (Å²) in [5.41, 5.74) is 0. The molecule has 0 aliphatic carbocycles. The maximum Gasteiger partial charge on any atom is 0.321 e. The highest BCUT2D eigenvalue weighted by atomic mass is 32.2. The standard InChI is InChI=1S/C11H19NO2S/c1-7-3-4-12(10(7)11(13)14)9-6-15-5-8(9)2/h7-10H,3-6H2,1-2H3,(H,13,14). The summed E-state index contributed by atoms with van der Waals surface area (Å²) in [6.07, 6.45) is 1.03. The van der Waals surface area contributed by atoms with Crippen LogP contribution in [-0.4, -0.2) is 46.1 Å². The van der Waals surface area contributed by atoms with Crippen LogP contribution < -0.4 is 0 Å². The molecule has 0 aromatic heterocycles. The fourth-order valence-electron chi connectivity index (χ4n) is 2.81. The summed E-state index contributed by atoms with van der Waals surface area (Å²) in [5, 5.41) is 9.25. The van der Waals surface area contributed by atoms with Crippen LogP contribution >= 0.6 is 11.8 Å². The molecule has 2 heterocycles. The van der Waals surface area contributed by atoms with Crippen molar-refractivity contribution in [2.45, 2.75) is 32.4 Å². The highest BCUT2D eigenvalue weighted by molar-refractivity contribution is 7.99. The smallest absolute Gasteiger partial charge is 0.321 e. The number of hydrogen-bond acceptors (Lipinski definition) is 3. The molecular formula is C11H19NO2S. The topological polar surface area (TPSA) is 40.5 Å². The van der Waals surface area contributed by atoms with Crippen molar-refractivity contribution >= 4 is 17.7 Å². The molecule has 0 radical (unpaired) electrons. The van der Waals surface area contributed by atoms with Crippen LogP contribution in [0.1, 0.15) is 20.3 Å². The molecule has 2 aliphatic heterocycles. The van der Waals surface area contributed by atoms with Gasteiger partial charge >= 0.3 is 5.97 Å². The second kappa shape index (κ2) is 4.34. The molecule has 15 heavy (non-hydrogen) atoms. The third-order valence-electron chi connectivity index (χ3n) is 3.74. The number of rotatable bonds is 2. The van der Waals surface area contributed by atoms with E-state index in [0.29, 0.717) is 17.9 Å². The average Bonchev–Trinajstić information content (AvgIpc) is 2.71. The molecule has 4 atom stereocenters. The molecule has 0 spiro atoms. The predicted octanol–water partition coefficient (Wildman–Crippen LogP) is 1.53. The quantitative estimate of drug-likeness (QED) is 0.779. The monoisotopic (exact) mass is 229 g/mol. The number of carboxylic acids is 1. The Hall–Kier alpha value is -0.220. The van der Waals surface area contributed by atoms with Gasteiger partial charge in [0.1, 0.15) is 6.04 Å². The second-order valence-electron chi connectivity index (χ2n) is 4.87. The van der Waals surface area contributed by atoms with Crippen molar-refractivity contribution in [1.29, 1.82) is 0 Å². The first-order chi connectivity index (χ1) is 7.11. The van der Waals surface area contributed by atoms with Gasteiger partial charge in [-0.1, -0.05) is 13.8 Å². The van der Waals surface area contributed by atoms with Crippen LogP contribution in [0.3, 0.4) is 0 Å². The van der Waals surface area contributed by atoms with Crippen molar-refractivity contribution in [3.63, 3.8) is 0 Å². The molecule has 0 amide bonds. The molecular weight excluding hydrogens is 210 g/mol. The molecule has 2 saturated heterocycles. The zero-order chi connectivity index (χ0) is 11.0. The lowest BCUT2D eigenvalue weighted by molar-refractivity contribution is -0.144. The third-order valence-corrected chi connectivity index (χ3v) is 5.08. The normalized spacial score (nSPS) is 42.3. The van der Waals surface area contributed by atoms with Crippen molar-refractivity contribution in [3.8, 4) is 0 Å². The van der Waals surface area contributed by atoms with Gasteiger partial charge in [-0.15, -0.1) is 0 Å². The molecule has 4 unspecified atom stereocenters. The van der Waals surface area contributed by atoms with E-state index >= 15 is 0 Å². The Morgan fingerprint density at radius 1 is 1.33 bits per heavy atom. The Labute approximate surface area is 95.2 Å². The molecule has 2 fully saturated rings. The Morgan fingerprint density at radius 2 is 2.07 bits per heavy atom. The molecule has 86 valence electrons. The highest BCUT2D eigenvalue weighted by Crippen LogP contribution is 2.34. The van der Waals surface area contributed by atoms with Crippen LogP contribution in [0.2, 0.25) is 0 Å². The summed E-state index contributed by atoms with van der Waals surface area (Å²) in [6, 6.07) is 0.247. The SMILES string of the molecule is CC1CSCC1N1CCC(C)C1C(=O)O. The van der Waals surface area contributed by atoms with Crippen molar-refractivity contribution in [1.82, 2.24) is 4.90 Å². The van der Waals surface area contributed by atoms with Crippen molar-refractivity contribution in [3.05, 3.63) is 0 Å². The molecule has 0 saturated carbocycles. The maximum atomic E-state index is 11.2. The Morgan fingerprint density at radius 3 is 2.60 bits per heavy atom. The number of carboxylic acid groups (broad SMARTS) is 1. The van der Waals surface area contributed by atoms with E-state index in [4.69, 9.17) is 0 Å². The first kappa shape index (κ1) is 11.3. The Kier molecular flexibility index (Phi) is 3.26. The van der Waals surface area contributed by atoms with E-state index in [0.717, 1.165) is 18.7 Å². The van der Waals surface area contributed by atoms with Crippen LogP contribution in [0.5, 0.6) is 0 Å². The van der Waals surface area contributed by atoms with Gasteiger partial charge in [0.2, 0.25) is 0 Å². The van der Waals surface area contributed by atoms with E-state index in [1.807, 2.05) is 11.8 Å². The fraction of sp³-hybridized carbons (Fsp3) is 0.909. The van der Waals surface area contributed by atoms with Gasteiger partial charge in [0, 0.05) is 11.8 Å². The van der Waals surface area contributed by atoms with Crippen molar-refractivity contribution in [2.24, 2.45) is 11.8 Å². The number of aliphatic carboxylic acids is 1. The number of likely N-dealkylation sites (tertiary alicyclic amines) is 1. The van der Waals surface area contributed by atoms with E-state index in [9.17, 15) is 9.90 Å². The number of hydrogen-bond donors (Lipinski definition) is 1. The second-order valence-corrected chi connectivity index (χ2v) is 5.94. The molecule has 2 aliphatic rings. The molecule has 3 nitrogen and oxygen atoms in total. The minimum absolute atomic E-state index is 0.240. The minimum Gasteiger partial charge on any atom is -0.480 e. The molecule has 0 bridgehead atoms. The number of nitrogens with zero attached hydrogens (tertiary/aromatic N) is 1. The van der Waals surface area contributed by atoms with Crippen LogP contribution in [0.4, 0.5) is 0 Å². The Balaban J connectivity index is 2.11. The summed E-state index contributed by atoms with van der Waals surface area (Å²) in [7, 11) is 0. The lowest BCUT2D eigenvalue weighted by Gasteiger charge is -2.31. The fourth-order valence-corrected chi connectivity index (χ4v) is 4.30. The summed E-state index contributed by atoms with van der Waals surface area (Å²) < 4.78 is 0. The van der Waals surface area contributed by atoms with Gasteiger partial charge in [-0.3, -0.25) is 9.69 Å². The van der Waals surface area contributed by atoms with Gasteiger partial charge in [0.05, 0.1) is 0 Å². The third kappa shape index (κ3) is 2.02. The van der Waals surface area contributed by atoms with Gasteiger partial charge in [-0.2, -0.15) is 11.8 Å². The predicted molar refractivity (Wildman–Crippen MR) is 62.2 cm³/mol. The first-order valence-corrected chi connectivity index (χ1v) is 6.83. The summed E-state index contributed by atoms with van der Waals surface area (Å²) in [4.78, 5) is 13.5. The summed E-state index contributed by atoms with van der Waals surface area (Å²) in [6.45, 7) is 5.27. The molecule has 2 rings (SSSR count). The number of thioether (sulfide) groups is 1. The van der Waals surface area contributed by atoms with Crippen LogP contribution in [0.15, 0.2) is 0 Å². The molecule has 0 aromatic rings. The average molecular weight is 229 g/mol. The van der Waals surface area contributed by atoms with Crippen molar-refractivity contribution < 1.29 is 9.90 Å². The van der Waals surface area contributed by atoms with E-state index in [-0.39, 0.29) is 6.04 Å².